The maximum atomic E-state index is 11.3. The third-order valence-electron chi connectivity index (χ3n) is 3.14. The van der Waals surface area contributed by atoms with Gasteiger partial charge in [0.15, 0.2) is 0 Å². The minimum Gasteiger partial charge on any atom is -0.480 e. The molecule has 0 aliphatic rings. The molecule has 0 atom stereocenters. The number of carboxylic acid groups (broad SMARTS) is 1. The molecule has 0 amide bonds. The fourth-order valence-corrected chi connectivity index (χ4v) is 2.41. The monoisotopic (exact) mass is 278 g/mol. The molecule has 1 rings (SSSR count). The van der Waals surface area contributed by atoms with Crippen molar-refractivity contribution in [1.82, 2.24) is 0 Å². The molecule has 0 heterocycles. The molecule has 0 aromatic heterocycles. The van der Waals surface area contributed by atoms with Gasteiger partial charge in [0.1, 0.15) is 11.6 Å². The smallest absolute Gasteiger partial charge is 0.328 e. The van der Waals surface area contributed by atoms with E-state index in [0.717, 1.165) is 10.6 Å². The van der Waals surface area contributed by atoms with Crippen molar-refractivity contribution < 1.29 is 9.90 Å². The summed E-state index contributed by atoms with van der Waals surface area (Å²) >= 11 is 1.58. The lowest BCUT2D eigenvalue weighted by Crippen LogP contribution is -2.48. The van der Waals surface area contributed by atoms with E-state index in [-0.39, 0.29) is 0 Å². The molecule has 0 aliphatic heterocycles. The first-order valence-electron chi connectivity index (χ1n) is 5.99. The number of nitriles is 1. The highest BCUT2D eigenvalue weighted by molar-refractivity contribution is 7.99. The van der Waals surface area contributed by atoms with Crippen LogP contribution in [0.3, 0.4) is 0 Å². The van der Waals surface area contributed by atoms with Gasteiger partial charge in [-0.3, -0.25) is 0 Å². The third kappa shape index (κ3) is 3.02. The molecule has 0 radical (unpaired) electrons. The highest BCUT2D eigenvalue weighted by Gasteiger charge is 2.33. The number of thioether (sulfide) groups is 1. The van der Waals surface area contributed by atoms with Crippen molar-refractivity contribution in [3.63, 3.8) is 0 Å². The minimum atomic E-state index is -1.07. The van der Waals surface area contributed by atoms with Gasteiger partial charge in [0.05, 0.1) is 11.3 Å². The van der Waals surface area contributed by atoms with Crippen molar-refractivity contribution in [1.29, 1.82) is 5.26 Å². The summed E-state index contributed by atoms with van der Waals surface area (Å²) in [5, 5.41) is 18.6. The molecule has 0 fully saturated rings. The highest BCUT2D eigenvalue weighted by Crippen LogP contribution is 2.32. The average Bonchev–Trinajstić information content (AvgIpc) is 2.37. The third-order valence-corrected chi connectivity index (χ3v) is 4.08. The first-order valence-corrected chi connectivity index (χ1v) is 6.98. The number of carboxylic acids is 1. The van der Waals surface area contributed by atoms with Gasteiger partial charge in [0, 0.05) is 11.9 Å². The standard InChI is InChI=1S/C14H18N2O2S/c1-5-19-12-8-6-7-11(10(12)9-15)16(4)14(2,3)13(17)18/h6-8H,5H2,1-4H3,(H,17,18). The van der Waals surface area contributed by atoms with Crippen molar-refractivity contribution in [3.8, 4) is 6.07 Å². The number of likely N-dealkylation sites (N-methyl/N-ethyl adjacent to an activating group) is 1. The van der Waals surface area contributed by atoms with Gasteiger partial charge >= 0.3 is 5.97 Å². The fourth-order valence-electron chi connectivity index (χ4n) is 1.63. The van der Waals surface area contributed by atoms with Crippen LogP contribution >= 0.6 is 11.8 Å². The lowest BCUT2D eigenvalue weighted by atomic mass is 10.0. The van der Waals surface area contributed by atoms with Crippen LogP contribution in [0.1, 0.15) is 26.3 Å². The number of benzene rings is 1. The molecule has 0 spiro atoms. The Labute approximate surface area is 118 Å². The summed E-state index contributed by atoms with van der Waals surface area (Å²) in [7, 11) is 1.70. The van der Waals surface area contributed by atoms with E-state index in [2.05, 4.69) is 6.07 Å². The quantitative estimate of drug-likeness (QED) is 0.839. The molecule has 102 valence electrons. The summed E-state index contributed by atoms with van der Waals surface area (Å²) in [6, 6.07) is 7.70. The van der Waals surface area contributed by atoms with Crippen LogP contribution in [0.15, 0.2) is 23.1 Å². The molecule has 0 unspecified atom stereocenters. The Bertz CT molecular complexity index is 521. The van der Waals surface area contributed by atoms with Crippen LogP contribution in [-0.2, 0) is 4.79 Å². The number of aliphatic carboxylic acids is 1. The lowest BCUT2D eigenvalue weighted by molar-refractivity contribution is -0.142. The summed E-state index contributed by atoms with van der Waals surface area (Å²) in [6.07, 6.45) is 0. The molecule has 0 saturated heterocycles. The van der Waals surface area contributed by atoms with Gasteiger partial charge in [0.25, 0.3) is 0 Å². The van der Waals surface area contributed by atoms with Crippen molar-refractivity contribution in [3.05, 3.63) is 23.8 Å². The highest BCUT2D eigenvalue weighted by atomic mass is 32.2. The predicted octanol–water partition coefficient (Wildman–Crippen LogP) is 2.97. The van der Waals surface area contributed by atoms with Gasteiger partial charge in [0.2, 0.25) is 0 Å². The summed E-state index contributed by atoms with van der Waals surface area (Å²) < 4.78 is 0. The zero-order valence-corrected chi connectivity index (χ0v) is 12.4. The molecule has 5 heteroatoms. The Kier molecular flexibility index (Phi) is 4.84. The Hall–Kier alpha value is -1.67. The molecule has 1 aromatic rings. The first-order chi connectivity index (χ1) is 8.86. The maximum Gasteiger partial charge on any atom is 0.328 e. The van der Waals surface area contributed by atoms with Gasteiger partial charge in [-0.1, -0.05) is 13.0 Å². The van der Waals surface area contributed by atoms with Crippen LogP contribution in [0.4, 0.5) is 5.69 Å². The molecule has 0 bridgehead atoms. The van der Waals surface area contributed by atoms with Gasteiger partial charge in [-0.25, -0.2) is 4.79 Å². The molecular formula is C14H18N2O2S. The van der Waals surface area contributed by atoms with E-state index in [1.807, 2.05) is 19.1 Å². The molecule has 0 aliphatic carbocycles. The van der Waals surface area contributed by atoms with Crippen LogP contribution in [0.2, 0.25) is 0 Å². The van der Waals surface area contributed by atoms with E-state index in [1.54, 1.807) is 43.6 Å². The van der Waals surface area contributed by atoms with E-state index < -0.39 is 11.5 Å². The fraction of sp³-hybridized carbons (Fsp3) is 0.429. The van der Waals surface area contributed by atoms with Crippen LogP contribution in [-0.4, -0.2) is 29.4 Å². The Morgan fingerprint density at radius 3 is 2.63 bits per heavy atom. The summed E-state index contributed by atoms with van der Waals surface area (Å²) in [5.74, 6) is -0.0584. The number of hydrogen-bond donors (Lipinski definition) is 1. The van der Waals surface area contributed by atoms with Gasteiger partial charge in [-0.15, -0.1) is 11.8 Å². The minimum absolute atomic E-state index is 0.533. The van der Waals surface area contributed by atoms with E-state index in [0.29, 0.717) is 11.3 Å². The number of hydrogen-bond acceptors (Lipinski definition) is 4. The maximum absolute atomic E-state index is 11.3. The second-order valence-corrected chi connectivity index (χ2v) is 5.92. The van der Waals surface area contributed by atoms with Crippen LogP contribution in [0.25, 0.3) is 0 Å². The second-order valence-electron chi connectivity index (χ2n) is 4.62. The van der Waals surface area contributed by atoms with E-state index in [1.165, 1.54) is 0 Å². The molecule has 0 saturated carbocycles. The molecule has 1 aromatic carbocycles. The van der Waals surface area contributed by atoms with E-state index in [4.69, 9.17) is 0 Å². The number of anilines is 1. The number of nitrogens with zero attached hydrogens (tertiary/aromatic N) is 2. The zero-order valence-electron chi connectivity index (χ0n) is 11.6. The van der Waals surface area contributed by atoms with E-state index in [9.17, 15) is 15.2 Å². The SMILES string of the molecule is CCSc1cccc(N(C)C(C)(C)C(=O)O)c1C#N. The topological polar surface area (TPSA) is 64.3 Å². The van der Waals surface area contributed by atoms with Crippen LogP contribution in [0, 0.1) is 11.3 Å². The Balaban J connectivity index is 3.32. The number of rotatable bonds is 5. The molecule has 4 nitrogen and oxygen atoms in total. The van der Waals surface area contributed by atoms with Gasteiger partial charge in [-0.05, 0) is 31.7 Å². The van der Waals surface area contributed by atoms with Crippen molar-refractivity contribution >= 4 is 23.4 Å². The van der Waals surface area contributed by atoms with Crippen molar-refractivity contribution in [2.24, 2.45) is 0 Å². The first kappa shape index (κ1) is 15.4. The second kappa shape index (κ2) is 5.98. The zero-order chi connectivity index (χ0) is 14.6. The molecular weight excluding hydrogens is 260 g/mol. The Morgan fingerprint density at radius 2 is 2.16 bits per heavy atom. The lowest BCUT2D eigenvalue weighted by Gasteiger charge is -2.34. The van der Waals surface area contributed by atoms with Crippen molar-refractivity contribution in [2.75, 3.05) is 17.7 Å². The normalized spacial score (nSPS) is 10.9. The summed E-state index contributed by atoms with van der Waals surface area (Å²) in [5.41, 5.74) is 0.112. The summed E-state index contributed by atoms with van der Waals surface area (Å²) in [4.78, 5) is 13.8. The number of carbonyl (C=O) groups is 1. The average molecular weight is 278 g/mol. The van der Waals surface area contributed by atoms with Gasteiger partial charge < -0.3 is 10.0 Å². The van der Waals surface area contributed by atoms with Crippen LogP contribution < -0.4 is 4.90 Å². The summed E-state index contributed by atoms with van der Waals surface area (Å²) in [6.45, 7) is 5.26. The predicted molar refractivity (Wildman–Crippen MR) is 77.7 cm³/mol. The van der Waals surface area contributed by atoms with Crippen LogP contribution in [0.5, 0.6) is 0 Å². The van der Waals surface area contributed by atoms with Gasteiger partial charge in [-0.2, -0.15) is 5.26 Å². The Morgan fingerprint density at radius 1 is 1.53 bits per heavy atom. The molecule has 19 heavy (non-hydrogen) atoms. The molecule has 1 N–H and O–H groups in total. The van der Waals surface area contributed by atoms with Crippen molar-refractivity contribution in [2.45, 2.75) is 31.2 Å². The van der Waals surface area contributed by atoms with E-state index >= 15 is 0 Å². The largest absolute Gasteiger partial charge is 0.480 e.